The Bertz CT molecular complexity index is 863. The lowest BCUT2D eigenvalue weighted by Gasteiger charge is -2.04. The van der Waals surface area contributed by atoms with E-state index in [0.717, 1.165) is 23.4 Å². The highest BCUT2D eigenvalue weighted by molar-refractivity contribution is 5.93. The minimum Gasteiger partial charge on any atom is -0.352 e. The Balaban J connectivity index is 1.55. The smallest absolute Gasteiger partial charge is 0.254 e. The molecule has 0 atom stereocenters. The monoisotopic (exact) mass is 337 g/mol. The van der Waals surface area contributed by atoms with Gasteiger partial charge in [-0.3, -0.25) is 14.2 Å². The summed E-state index contributed by atoms with van der Waals surface area (Å²) in [5.41, 5.74) is 5.09. The van der Waals surface area contributed by atoms with E-state index in [1.165, 1.54) is 5.56 Å². The molecule has 0 aliphatic carbocycles. The van der Waals surface area contributed by atoms with Crippen LogP contribution >= 0.6 is 0 Å². The molecule has 2 aromatic heterocycles. The lowest BCUT2D eigenvalue weighted by Crippen LogP contribution is -2.25. The predicted molar refractivity (Wildman–Crippen MR) is 96.5 cm³/mol. The molecule has 1 amide bonds. The van der Waals surface area contributed by atoms with Crippen molar-refractivity contribution in [2.45, 2.75) is 26.8 Å². The number of nitrogens with zero attached hydrogens (tertiary/aromatic N) is 4. The number of aryl methyl sites for hydroxylation is 2. The molecular formula is C19H23N5O. The summed E-state index contributed by atoms with van der Waals surface area (Å²) in [5, 5.41) is 11.6. The fraction of sp³-hybridized carbons (Fsp3) is 0.316. The molecule has 25 heavy (non-hydrogen) atoms. The molecule has 1 N–H and O–H groups in total. The van der Waals surface area contributed by atoms with Gasteiger partial charge in [-0.25, -0.2) is 0 Å². The molecule has 6 nitrogen and oxygen atoms in total. The summed E-state index contributed by atoms with van der Waals surface area (Å²) >= 11 is 0. The van der Waals surface area contributed by atoms with Crippen LogP contribution in [0.25, 0.3) is 0 Å². The summed E-state index contributed by atoms with van der Waals surface area (Å²) in [7, 11) is 1.94. The number of hydrogen-bond donors (Lipinski definition) is 1. The Morgan fingerprint density at radius 1 is 1.20 bits per heavy atom. The zero-order chi connectivity index (χ0) is 17.8. The van der Waals surface area contributed by atoms with Crippen LogP contribution in [0.1, 0.15) is 32.9 Å². The van der Waals surface area contributed by atoms with Crippen molar-refractivity contribution in [1.82, 2.24) is 24.9 Å². The lowest BCUT2D eigenvalue weighted by molar-refractivity contribution is 0.0954. The average molecular weight is 337 g/mol. The number of hydrogen-bond acceptors (Lipinski definition) is 3. The normalized spacial score (nSPS) is 10.8. The van der Waals surface area contributed by atoms with Crippen molar-refractivity contribution in [3.8, 4) is 0 Å². The summed E-state index contributed by atoms with van der Waals surface area (Å²) < 4.78 is 3.65. The van der Waals surface area contributed by atoms with E-state index in [-0.39, 0.29) is 5.91 Å². The quantitative estimate of drug-likeness (QED) is 0.750. The number of rotatable bonds is 6. The summed E-state index contributed by atoms with van der Waals surface area (Å²) in [6.07, 6.45) is 4.16. The van der Waals surface area contributed by atoms with Crippen molar-refractivity contribution in [3.05, 3.63) is 70.8 Å². The first kappa shape index (κ1) is 17.0. The SMILES string of the molecule is Cc1nn(C)c(C)c1CCNC(=O)c1cnn(Cc2ccccc2)c1. The maximum atomic E-state index is 12.3. The first-order chi connectivity index (χ1) is 12.0. The maximum Gasteiger partial charge on any atom is 0.254 e. The largest absolute Gasteiger partial charge is 0.352 e. The fourth-order valence-corrected chi connectivity index (χ4v) is 2.92. The van der Waals surface area contributed by atoms with Gasteiger partial charge in [-0.2, -0.15) is 10.2 Å². The number of amides is 1. The van der Waals surface area contributed by atoms with E-state index in [0.29, 0.717) is 18.7 Å². The summed E-state index contributed by atoms with van der Waals surface area (Å²) in [5.74, 6) is -0.0986. The zero-order valence-corrected chi connectivity index (χ0v) is 14.9. The second-order valence-corrected chi connectivity index (χ2v) is 6.19. The number of aromatic nitrogens is 4. The van der Waals surface area contributed by atoms with Gasteiger partial charge in [-0.05, 0) is 31.4 Å². The van der Waals surface area contributed by atoms with Gasteiger partial charge in [0.1, 0.15) is 0 Å². The zero-order valence-electron chi connectivity index (χ0n) is 14.9. The highest BCUT2D eigenvalue weighted by Gasteiger charge is 2.11. The van der Waals surface area contributed by atoms with E-state index < -0.39 is 0 Å². The summed E-state index contributed by atoms with van der Waals surface area (Å²) in [6.45, 7) is 5.28. The Hall–Kier alpha value is -2.89. The van der Waals surface area contributed by atoms with Crippen molar-refractivity contribution in [2.24, 2.45) is 7.05 Å². The molecule has 130 valence electrons. The molecule has 0 bridgehead atoms. The summed E-state index contributed by atoms with van der Waals surface area (Å²) in [4.78, 5) is 12.3. The van der Waals surface area contributed by atoms with Crippen LogP contribution in [-0.4, -0.2) is 32.0 Å². The van der Waals surface area contributed by atoms with E-state index in [4.69, 9.17) is 0 Å². The second kappa shape index (κ2) is 7.34. The van der Waals surface area contributed by atoms with Crippen molar-refractivity contribution in [2.75, 3.05) is 6.54 Å². The van der Waals surface area contributed by atoms with Gasteiger partial charge in [0, 0.05) is 25.5 Å². The molecule has 0 radical (unpaired) electrons. The molecule has 0 unspecified atom stereocenters. The minimum atomic E-state index is -0.0986. The third-order valence-electron chi connectivity index (χ3n) is 4.40. The maximum absolute atomic E-state index is 12.3. The Morgan fingerprint density at radius 3 is 2.64 bits per heavy atom. The topological polar surface area (TPSA) is 64.7 Å². The van der Waals surface area contributed by atoms with Crippen molar-refractivity contribution < 1.29 is 4.79 Å². The second-order valence-electron chi connectivity index (χ2n) is 6.19. The predicted octanol–water partition coefficient (Wildman–Crippen LogP) is 2.25. The van der Waals surface area contributed by atoms with Gasteiger partial charge in [-0.15, -0.1) is 0 Å². The van der Waals surface area contributed by atoms with Crippen LogP contribution in [0.15, 0.2) is 42.7 Å². The first-order valence-corrected chi connectivity index (χ1v) is 8.38. The van der Waals surface area contributed by atoms with Crippen LogP contribution in [0.3, 0.4) is 0 Å². The Labute approximate surface area is 147 Å². The van der Waals surface area contributed by atoms with E-state index >= 15 is 0 Å². The standard InChI is InChI=1S/C19H23N5O/c1-14-18(15(2)23(3)22-14)9-10-20-19(25)17-11-21-24(13-17)12-16-7-5-4-6-8-16/h4-8,11,13H,9-10,12H2,1-3H3,(H,20,25). The van der Waals surface area contributed by atoms with Crippen molar-refractivity contribution >= 4 is 5.91 Å². The van der Waals surface area contributed by atoms with Crippen LogP contribution in [0.2, 0.25) is 0 Å². The van der Waals surface area contributed by atoms with Crippen LogP contribution < -0.4 is 5.32 Å². The Morgan fingerprint density at radius 2 is 1.96 bits per heavy atom. The molecule has 2 heterocycles. The van der Waals surface area contributed by atoms with Crippen molar-refractivity contribution in [3.63, 3.8) is 0 Å². The van der Waals surface area contributed by atoms with E-state index in [1.54, 1.807) is 17.1 Å². The highest BCUT2D eigenvalue weighted by atomic mass is 16.1. The molecular weight excluding hydrogens is 314 g/mol. The first-order valence-electron chi connectivity index (χ1n) is 8.38. The molecule has 0 fully saturated rings. The van der Waals surface area contributed by atoms with Gasteiger partial charge in [0.05, 0.1) is 24.0 Å². The lowest BCUT2D eigenvalue weighted by atomic mass is 10.1. The van der Waals surface area contributed by atoms with Crippen molar-refractivity contribution in [1.29, 1.82) is 0 Å². The summed E-state index contributed by atoms with van der Waals surface area (Å²) in [6, 6.07) is 10.1. The third kappa shape index (κ3) is 3.96. The molecule has 0 aliphatic rings. The molecule has 0 saturated heterocycles. The molecule has 0 spiro atoms. The molecule has 3 aromatic rings. The van der Waals surface area contributed by atoms with Gasteiger partial charge in [0.15, 0.2) is 0 Å². The molecule has 3 rings (SSSR count). The number of nitrogens with one attached hydrogen (secondary N) is 1. The van der Waals surface area contributed by atoms with E-state index in [1.807, 2.05) is 55.9 Å². The van der Waals surface area contributed by atoms with Gasteiger partial charge in [0.25, 0.3) is 5.91 Å². The van der Waals surface area contributed by atoms with Gasteiger partial charge in [-0.1, -0.05) is 30.3 Å². The van der Waals surface area contributed by atoms with Gasteiger partial charge >= 0.3 is 0 Å². The van der Waals surface area contributed by atoms with E-state index in [9.17, 15) is 4.79 Å². The van der Waals surface area contributed by atoms with Crippen LogP contribution in [-0.2, 0) is 20.0 Å². The van der Waals surface area contributed by atoms with Gasteiger partial charge in [0.2, 0.25) is 0 Å². The fourth-order valence-electron chi connectivity index (χ4n) is 2.92. The molecule has 0 aliphatic heterocycles. The number of carbonyl (C=O) groups excluding carboxylic acids is 1. The average Bonchev–Trinajstić information content (AvgIpc) is 3.15. The number of benzene rings is 1. The number of carbonyl (C=O) groups is 1. The molecule has 1 aromatic carbocycles. The minimum absolute atomic E-state index is 0.0986. The van der Waals surface area contributed by atoms with Crippen LogP contribution in [0, 0.1) is 13.8 Å². The Kier molecular flexibility index (Phi) is 4.97. The van der Waals surface area contributed by atoms with E-state index in [2.05, 4.69) is 15.5 Å². The van der Waals surface area contributed by atoms with Gasteiger partial charge < -0.3 is 5.32 Å². The third-order valence-corrected chi connectivity index (χ3v) is 4.40. The highest BCUT2D eigenvalue weighted by Crippen LogP contribution is 2.12. The molecule has 6 heteroatoms. The van der Waals surface area contributed by atoms with Crippen LogP contribution in [0.5, 0.6) is 0 Å². The molecule has 0 saturated carbocycles. The van der Waals surface area contributed by atoms with Crippen LogP contribution in [0.4, 0.5) is 0 Å².